The summed E-state index contributed by atoms with van der Waals surface area (Å²) in [4.78, 5) is 30.2. The molecule has 1 aliphatic rings. The zero-order chi connectivity index (χ0) is 20.5. The molecular formula is C23H29FN2O2. The highest BCUT2D eigenvalue weighted by molar-refractivity contribution is 5.94. The van der Waals surface area contributed by atoms with Crippen LogP contribution in [0.4, 0.5) is 4.39 Å². The predicted octanol–water partition coefficient (Wildman–Crippen LogP) is 4.33. The SMILES string of the molecule is CCN(Cc1ccc(F)cc1)C(=O)c1cc2c([nH]c1=O)CCC(C(C)(C)C)C2. The molecule has 0 saturated heterocycles. The van der Waals surface area contributed by atoms with Crippen molar-refractivity contribution in [2.75, 3.05) is 6.54 Å². The van der Waals surface area contributed by atoms with Gasteiger partial charge >= 0.3 is 0 Å². The molecule has 28 heavy (non-hydrogen) atoms. The van der Waals surface area contributed by atoms with E-state index in [2.05, 4.69) is 25.8 Å². The molecule has 4 nitrogen and oxygen atoms in total. The summed E-state index contributed by atoms with van der Waals surface area (Å²) < 4.78 is 13.1. The number of carbonyl (C=O) groups excluding carboxylic acids is 1. The van der Waals surface area contributed by atoms with Crippen LogP contribution < -0.4 is 5.56 Å². The molecule has 3 rings (SSSR count). The van der Waals surface area contributed by atoms with Crippen molar-refractivity contribution in [2.45, 2.75) is 53.5 Å². The number of aromatic amines is 1. The number of amides is 1. The Balaban J connectivity index is 1.86. The molecular weight excluding hydrogens is 355 g/mol. The first-order valence-electron chi connectivity index (χ1n) is 9.97. The Labute approximate surface area is 165 Å². The van der Waals surface area contributed by atoms with E-state index < -0.39 is 0 Å². The maximum absolute atomic E-state index is 13.1. The van der Waals surface area contributed by atoms with Gasteiger partial charge < -0.3 is 9.88 Å². The van der Waals surface area contributed by atoms with Crippen molar-refractivity contribution in [3.63, 3.8) is 0 Å². The molecule has 1 aliphatic carbocycles. The van der Waals surface area contributed by atoms with Crippen LogP contribution in [0.25, 0.3) is 0 Å². The van der Waals surface area contributed by atoms with Gasteiger partial charge in [-0.05, 0) is 66.8 Å². The standard InChI is InChI=1S/C23H29FN2O2/c1-5-26(14-15-6-9-18(24)10-7-15)22(28)19-13-16-12-17(23(2,3)4)8-11-20(16)25-21(19)27/h6-7,9-10,13,17H,5,8,11-12,14H2,1-4H3,(H,25,27). The Bertz CT molecular complexity index is 910. The molecule has 2 aromatic rings. The molecule has 150 valence electrons. The minimum atomic E-state index is -0.324. The third-order valence-corrected chi connectivity index (χ3v) is 5.84. The molecule has 5 heteroatoms. The fourth-order valence-electron chi connectivity index (χ4n) is 3.91. The average Bonchev–Trinajstić information content (AvgIpc) is 2.65. The van der Waals surface area contributed by atoms with Gasteiger partial charge in [0.25, 0.3) is 11.5 Å². The molecule has 1 aromatic heterocycles. The number of hydrogen-bond acceptors (Lipinski definition) is 2. The van der Waals surface area contributed by atoms with Gasteiger partial charge in [-0.25, -0.2) is 4.39 Å². The van der Waals surface area contributed by atoms with Crippen LogP contribution in [0, 0.1) is 17.2 Å². The molecule has 1 heterocycles. The predicted molar refractivity (Wildman–Crippen MR) is 109 cm³/mol. The van der Waals surface area contributed by atoms with Crippen LogP contribution in [0.3, 0.4) is 0 Å². The Hall–Kier alpha value is -2.43. The lowest BCUT2D eigenvalue weighted by atomic mass is 9.71. The largest absolute Gasteiger partial charge is 0.334 e. The summed E-state index contributed by atoms with van der Waals surface area (Å²) in [5.74, 6) is -0.0678. The van der Waals surface area contributed by atoms with Crippen LogP contribution in [0.15, 0.2) is 35.1 Å². The van der Waals surface area contributed by atoms with Crippen molar-refractivity contribution >= 4 is 5.91 Å². The summed E-state index contributed by atoms with van der Waals surface area (Å²) >= 11 is 0. The van der Waals surface area contributed by atoms with E-state index in [0.717, 1.165) is 36.1 Å². The second kappa shape index (κ2) is 7.90. The van der Waals surface area contributed by atoms with E-state index in [0.29, 0.717) is 19.0 Å². The summed E-state index contributed by atoms with van der Waals surface area (Å²) in [7, 11) is 0. The summed E-state index contributed by atoms with van der Waals surface area (Å²) in [6, 6.07) is 7.88. The number of nitrogens with zero attached hydrogens (tertiary/aromatic N) is 1. The molecule has 0 radical (unpaired) electrons. The fourth-order valence-corrected chi connectivity index (χ4v) is 3.91. The van der Waals surface area contributed by atoms with Crippen LogP contribution in [-0.4, -0.2) is 22.3 Å². The van der Waals surface area contributed by atoms with E-state index in [1.54, 1.807) is 23.1 Å². The summed E-state index contributed by atoms with van der Waals surface area (Å²) in [5, 5.41) is 0. The first kappa shape index (κ1) is 20.3. The Morgan fingerprint density at radius 2 is 1.93 bits per heavy atom. The van der Waals surface area contributed by atoms with Crippen LogP contribution in [0.2, 0.25) is 0 Å². The van der Waals surface area contributed by atoms with E-state index in [1.807, 2.05) is 6.92 Å². The average molecular weight is 384 g/mol. The lowest BCUT2D eigenvalue weighted by molar-refractivity contribution is 0.0750. The molecule has 1 atom stereocenters. The normalized spacial score (nSPS) is 16.5. The summed E-state index contributed by atoms with van der Waals surface area (Å²) in [5.41, 5.74) is 2.93. The van der Waals surface area contributed by atoms with Crippen molar-refractivity contribution in [3.8, 4) is 0 Å². The van der Waals surface area contributed by atoms with Crippen molar-refractivity contribution in [1.82, 2.24) is 9.88 Å². The number of rotatable bonds is 4. The number of benzene rings is 1. The third kappa shape index (κ3) is 4.34. The maximum atomic E-state index is 13.1. The van der Waals surface area contributed by atoms with Gasteiger partial charge in [0.05, 0.1) is 0 Å². The van der Waals surface area contributed by atoms with Crippen LogP contribution in [0.5, 0.6) is 0 Å². The first-order valence-corrected chi connectivity index (χ1v) is 9.97. The van der Waals surface area contributed by atoms with Gasteiger partial charge in [-0.3, -0.25) is 9.59 Å². The van der Waals surface area contributed by atoms with E-state index in [4.69, 9.17) is 0 Å². The Morgan fingerprint density at radius 1 is 1.25 bits per heavy atom. The number of carbonyl (C=O) groups is 1. The highest BCUT2D eigenvalue weighted by atomic mass is 19.1. The van der Waals surface area contributed by atoms with Gasteiger partial charge in [-0.15, -0.1) is 0 Å². The highest BCUT2D eigenvalue weighted by Crippen LogP contribution is 2.36. The van der Waals surface area contributed by atoms with Crippen molar-refractivity contribution in [3.05, 3.63) is 68.9 Å². The molecule has 1 aromatic carbocycles. The zero-order valence-corrected chi connectivity index (χ0v) is 17.1. The third-order valence-electron chi connectivity index (χ3n) is 5.84. The van der Waals surface area contributed by atoms with Gasteiger partial charge in [-0.1, -0.05) is 32.9 Å². The topological polar surface area (TPSA) is 53.2 Å². The Morgan fingerprint density at radius 3 is 2.54 bits per heavy atom. The second-order valence-corrected chi connectivity index (χ2v) is 8.77. The molecule has 1 unspecified atom stereocenters. The van der Waals surface area contributed by atoms with Gasteiger partial charge in [-0.2, -0.15) is 0 Å². The maximum Gasteiger partial charge on any atom is 0.261 e. The van der Waals surface area contributed by atoms with Gasteiger partial charge in [0.2, 0.25) is 0 Å². The number of nitrogens with one attached hydrogen (secondary N) is 1. The van der Waals surface area contributed by atoms with Crippen LogP contribution in [0.1, 0.15) is 61.3 Å². The zero-order valence-electron chi connectivity index (χ0n) is 17.1. The quantitative estimate of drug-likeness (QED) is 0.853. The molecule has 0 saturated carbocycles. The van der Waals surface area contributed by atoms with Gasteiger partial charge in [0.15, 0.2) is 0 Å². The summed E-state index contributed by atoms with van der Waals surface area (Å²) in [6.07, 6.45) is 2.76. The number of H-pyrrole nitrogens is 1. The van der Waals surface area contributed by atoms with E-state index in [9.17, 15) is 14.0 Å². The fraction of sp³-hybridized carbons (Fsp3) is 0.478. The first-order chi connectivity index (χ1) is 13.2. The lowest BCUT2D eigenvalue weighted by Crippen LogP contribution is -2.36. The molecule has 0 fully saturated rings. The molecule has 0 bridgehead atoms. The Kier molecular flexibility index (Phi) is 5.73. The van der Waals surface area contributed by atoms with E-state index >= 15 is 0 Å². The summed E-state index contributed by atoms with van der Waals surface area (Å²) in [6.45, 7) is 9.41. The number of aryl methyl sites for hydroxylation is 1. The number of fused-ring (bicyclic) bond motifs is 1. The van der Waals surface area contributed by atoms with Gasteiger partial charge in [0.1, 0.15) is 11.4 Å². The molecule has 1 amide bonds. The van der Waals surface area contributed by atoms with Crippen LogP contribution in [-0.2, 0) is 19.4 Å². The minimum absolute atomic E-state index is 0.191. The number of hydrogen-bond donors (Lipinski definition) is 1. The smallest absolute Gasteiger partial charge is 0.261 e. The van der Waals surface area contributed by atoms with E-state index in [1.165, 1.54) is 12.1 Å². The lowest BCUT2D eigenvalue weighted by Gasteiger charge is -2.35. The number of halogens is 1. The highest BCUT2D eigenvalue weighted by Gasteiger charge is 2.30. The monoisotopic (exact) mass is 384 g/mol. The molecule has 0 aliphatic heterocycles. The van der Waals surface area contributed by atoms with Gasteiger partial charge in [0, 0.05) is 18.8 Å². The van der Waals surface area contributed by atoms with Crippen molar-refractivity contribution in [1.29, 1.82) is 0 Å². The second-order valence-electron chi connectivity index (χ2n) is 8.77. The van der Waals surface area contributed by atoms with Crippen molar-refractivity contribution in [2.24, 2.45) is 11.3 Å². The number of aromatic nitrogens is 1. The number of pyridine rings is 1. The minimum Gasteiger partial charge on any atom is -0.334 e. The van der Waals surface area contributed by atoms with Crippen molar-refractivity contribution < 1.29 is 9.18 Å². The molecule has 1 N–H and O–H groups in total. The molecule has 0 spiro atoms. The van der Waals surface area contributed by atoms with E-state index in [-0.39, 0.29) is 28.3 Å². The van der Waals surface area contributed by atoms with Crippen LogP contribution >= 0.6 is 0 Å².